The Morgan fingerprint density at radius 3 is 2.91 bits per heavy atom. The first kappa shape index (κ1) is 17.1. The van der Waals surface area contributed by atoms with Crippen LogP contribution >= 0.6 is 11.6 Å². The Bertz CT molecular complexity index is 772. The summed E-state index contributed by atoms with van der Waals surface area (Å²) in [6.45, 7) is 1.94. The normalized spacial score (nSPS) is 10.1. The maximum Gasteiger partial charge on any atom is 0.360 e. The second-order valence-corrected chi connectivity index (χ2v) is 5.14. The van der Waals surface area contributed by atoms with Crippen LogP contribution in [0, 0.1) is 11.8 Å². The summed E-state index contributed by atoms with van der Waals surface area (Å²) in [5, 5.41) is 13.7. The first-order valence-electron chi connectivity index (χ1n) is 7.18. The van der Waals surface area contributed by atoms with Gasteiger partial charge in [0.15, 0.2) is 5.69 Å². The molecule has 0 saturated carbocycles. The number of ether oxygens (including phenoxy) is 1. The summed E-state index contributed by atoms with van der Waals surface area (Å²) in [5.41, 5.74) is 2.12. The van der Waals surface area contributed by atoms with Crippen molar-refractivity contribution >= 4 is 17.6 Å². The number of aromatic nitrogens is 2. The highest BCUT2D eigenvalue weighted by Crippen LogP contribution is 2.28. The Labute approximate surface area is 139 Å². The van der Waals surface area contributed by atoms with E-state index in [-0.39, 0.29) is 18.9 Å². The van der Waals surface area contributed by atoms with Crippen LogP contribution in [-0.4, -0.2) is 34.1 Å². The maximum atomic E-state index is 12.1. The minimum absolute atomic E-state index is 0.0471. The highest BCUT2D eigenvalue weighted by atomic mass is 35.5. The van der Waals surface area contributed by atoms with Gasteiger partial charge in [-0.3, -0.25) is 4.68 Å². The van der Waals surface area contributed by atoms with Crippen molar-refractivity contribution < 1.29 is 14.6 Å². The van der Waals surface area contributed by atoms with Crippen LogP contribution in [0.1, 0.15) is 29.4 Å². The molecule has 1 aromatic heterocycles. The molecular formula is C17H17ClN2O3. The number of carbonyl (C=O) groups is 1. The smallest absolute Gasteiger partial charge is 0.360 e. The zero-order valence-corrected chi connectivity index (χ0v) is 13.7. The second kappa shape index (κ2) is 7.82. The predicted molar refractivity (Wildman–Crippen MR) is 88.2 cm³/mol. The zero-order chi connectivity index (χ0) is 16.8. The monoisotopic (exact) mass is 332 g/mol. The summed E-state index contributed by atoms with van der Waals surface area (Å²) in [5.74, 6) is 5.23. The molecule has 0 aliphatic rings. The minimum atomic E-state index is -0.523. The molecule has 0 saturated heterocycles. The van der Waals surface area contributed by atoms with Crippen LogP contribution in [0.3, 0.4) is 0 Å². The average Bonchev–Trinajstić information content (AvgIpc) is 2.84. The van der Waals surface area contributed by atoms with E-state index in [0.29, 0.717) is 22.7 Å². The third kappa shape index (κ3) is 3.92. The van der Waals surface area contributed by atoms with E-state index in [9.17, 15) is 4.79 Å². The summed E-state index contributed by atoms with van der Waals surface area (Å²) in [4.78, 5) is 12.1. The summed E-state index contributed by atoms with van der Waals surface area (Å²) >= 11 is 6.05. The van der Waals surface area contributed by atoms with Gasteiger partial charge < -0.3 is 9.84 Å². The Morgan fingerprint density at radius 2 is 2.26 bits per heavy atom. The van der Waals surface area contributed by atoms with Crippen LogP contribution in [0.4, 0.5) is 0 Å². The van der Waals surface area contributed by atoms with Gasteiger partial charge in [0.1, 0.15) is 0 Å². The molecule has 0 bridgehead atoms. The zero-order valence-electron chi connectivity index (χ0n) is 13.0. The molecule has 0 atom stereocenters. The van der Waals surface area contributed by atoms with Gasteiger partial charge in [-0.25, -0.2) is 4.79 Å². The first-order chi connectivity index (χ1) is 11.1. The van der Waals surface area contributed by atoms with Crippen molar-refractivity contribution in [3.63, 3.8) is 0 Å². The largest absolute Gasteiger partial charge is 0.461 e. The molecule has 0 spiro atoms. The Morgan fingerprint density at radius 1 is 1.48 bits per heavy atom. The summed E-state index contributed by atoms with van der Waals surface area (Å²) in [6.07, 6.45) is 0.312. The fourth-order valence-electron chi connectivity index (χ4n) is 2.16. The van der Waals surface area contributed by atoms with E-state index in [4.69, 9.17) is 21.4 Å². The number of halogens is 1. The topological polar surface area (TPSA) is 64.3 Å². The molecule has 120 valence electrons. The maximum absolute atomic E-state index is 12.1. The number of nitrogens with zero attached hydrogens (tertiary/aromatic N) is 2. The average molecular weight is 333 g/mol. The number of aliphatic hydroxyl groups excluding tert-OH is 1. The molecule has 1 aromatic carbocycles. The van der Waals surface area contributed by atoms with Gasteiger partial charge in [-0.05, 0) is 19.1 Å². The lowest BCUT2D eigenvalue weighted by atomic mass is 10.1. The molecule has 23 heavy (non-hydrogen) atoms. The third-order valence-corrected chi connectivity index (χ3v) is 3.30. The van der Waals surface area contributed by atoms with Crippen LogP contribution in [0.25, 0.3) is 11.3 Å². The van der Waals surface area contributed by atoms with Crippen molar-refractivity contribution in [2.75, 3.05) is 13.2 Å². The van der Waals surface area contributed by atoms with Crippen LogP contribution in [0.5, 0.6) is 0 Å². The molecule has 2 aromatic rings. The summed E-state index contributed by atoms with van der Waals surface area (Å²) in [6, 6.07) is 7.24. The molecule has 2 rings (SSSR count). The number of carbonyl (C=O) groups excluding carboxylic acids is 1. The lowest BCUT2D eigenvalue weighted by molar-refractivity contribution is 0.0518. The van der Waals surface area contributed by atoms with Gasteiger partial charge in [0.05, 0.1) is 24.5 Å². The molecule has 0 aliphatic heterocycles. The summed E-state index contributed by atoms with van der Waals surface area (Å²) < 4.78 is 6.63. The minimum Gasteiger partial charge on any atom is -0.461 e. The Balaban J connectivity index is 2.61. The van der Waals surface area contributed by atoms with Gasteiger partial charge in [-0.1, -0.05) is 35.6 Å². The summed E-state index contributed by atoms with van der Waals surface area (Å²) in [7, 11) is 1.73. The highest BCUT2D eigenvalue weighted by Gasteiger charge is 2.22. The van der Waals surface area contributed by atoms with E-state index in [2.05, 4.69) is 16.9 Å². The lowest BCUT2D eigenvalue weighted by Gasteiger charge is -2.04. The van der Waals surface area contributed by atoms with E-state index in [1.54, 1.807) is 30.8 Å². The number of hydrogen-bond acceptors (Lipinski definition) is 4. The van der Waals surface area contributed by atoms with Crippen molar-refractivity contribution in [2.24, 2.45) is 7.05 Å². The molecule has 5 nitrogen and oxygen atoms in total. The van der Waals surface area contributed by atoms with E-state index >= 15 is 0 Å². The fourth-order valence-corrected chi connectivity index (χ4v) is 2.35. The standard InChI is InChI=1S/C17H17ClN2O3/c1-3-23-17(22)15-14(9-4-5-10-21)16(20(2)19-15)12-7-6-8-13(18)11-12/h6-8,11,21H,3,5,10H2,1-2H3. The Kier molecular flexibility index (Phi) is 5.80. The van der Waals surface area contributed by atoms with Gasteiger partial charge in [-0.2, -0.15) is 5.10 Å². The van der Waals surface area contributed by atoms with Crippen molar-refractivity contribution in [2.45, 2.75) is 13.3 Å². The fraction of sp³-hybridized carbons (Fsp3) is 0.294. The molecule has 0 unspecified atom stereocenters. The quantitative estimate of drug-likeness (QED) is 0.690. The number of aliphatic hydroxyl groups is 1. The number of esters is 1. The molecule has 0 amide bonds. The van der Waals surface area contributed by atoms with Crippen molar-refractivity contribution in [3.05, 3.63) is 40.5 Å². The molecule has 6 heteroatoms. The van der Waals surface area contributed by atoms with Crippen molar-refractivity contribution in [1.82, 2.24) is 9.78 Å². The number of rotatable bonds is 4. The highest BCUT2D eigenvalue weighted by molar-refractivity contribution is 6.30. The van der Waals surface area contributed by atoms with Crippen LogP contribution in [0.15, 0.2) is 24.3 Å². The SMILES string of the molecule is CCOC(=O)c1nn(C)c(-c2cccc(Cl)c2)c1C#CCCO. The number of hydrogen-bond donors (Lipinski definition) is 1. The van der Waals surface area contributed by atoms with Crippen LogP contribution in [0.2, 0.25) is 5.02 Å². The molecular weight excluding hydrogens is 316 g/mol. The number of benzene rings is 1. The van der Waals surface area contributed by atoms with Crippen molar-refractivity contribution in [1.29, 1.82) is 0 Å². The van der Waals surface area contributed by atoms with E-state index in [0.717, 1.165) is 5.56 Å². The van der Waals surface area contributed by atoms with Crippen LogP contribution in [-0.2, 0) is 11.8 Å². The number of aryl methyl sites for hydroxylation is 1. The lowest BCUT2D eigenvalue weighted by Crippen LogP contribution is -2.07. The van der Waals surface area contributed by atoms with Crippen molar-refractivity contribution in [3.8, 4) is 23.1 Å². The second-order valence-electron chi connectivity index (χ2n) is 4.70. The first-order valence-corrected chi connectivity index (χ1v) is 7.56. The van der Waals surface area contributed by atoms with Gasteiger partial charge >= 0.3 is 5.97 Å². The van der Waals surface area contributed by atoms with Crippen LogP contribution < -0.4 is 0 Å². The van der Waals surface area contributed by atoms with Gasteiger partial charge in [0.25, 0.3) is 0 Å². The predicted octanol–water partition coefficient (Wildman–Crippen LogP) is 2.65. The van der Waals surface area contributed by atoms with Gasteiger partial charge in [0, 0.05) is 24.1 Å². The van der Waals surface area contributed by atoms with E-state index < -0.39 is 5.97 Å². The molecule has 0 aliphatic carbocycles. The molecule has 0 radical (unpaired) electrons. The molecule has 0 fully saturated rings. The van der Waals surface area contributed by atoms with Gasteiger partial charge in [0.2, 0.25) is 0 Å². The molecule has 1 heterocycles. The van der Waals surface area contributed by atoms with E-state index in [1.807, 2.05) is 12.1 Å². The molecule has 1 N–H and O–H groups in total. The Hall–Kier alpha value is -2.29. The third-order valence-electron chi connectivity index (χ3n) is 3.06. The van der Waals surface area contributed by atoms with Gasteiger partial charge in [-0.15, -0.1) is 0 Å². The van der Waals surface area contributed by atoms with E-state index in [1.165, 1.54) is 0 Å².